The number of Topliss-reactive ketones (excluding diaryl/α,β-unsaturated/α-hetero) is 1. The lowest BCUT2D eigenvalue weighted by Gasteiger charge is -2.05. The zero-order chi connectivity index (χ0) is 19.8. The molecule has 29 heavy (non-hydrogen) atoms. The average Bonchev–Trinajstić information content (AvgIpc) is 3.19. The van der Waals surface area contributed by atoms with E-state index in [9.17, 15) is 4.79 Å². The van der Waals surface area contributed by atoms with Crippen LogP contribution in [0.4, 0.5) is 0 Å². The number of nitrogens with zero attached hydrogens (tertiary/aromatic N) is 6. The fraction of sp³-hybridized carbons (Fsp3) is 0.0909. The van der Waals surface area contributed by atoms with E-state index in [-0.39, 0.29) is 12.2 Å². The summed E-state index contributed by atoms with van der Waals surface area (Å²) in [6, 6.07) is 9.31. The van der Waals surface area contributed by atoms with E-state index in [1.54, 1.807) is 47.8 Å². The molecule has 0 atom stereocenters. The molecule has 0 saturated heterocycles. The van der Waals surface area contributed by atoms with Gasteiger partial charge in [0.15, 0.2) is 5.78 Å². The third kappa shape index (κ3) is 3.34. The van der Waals surface area contributed by atoms with Gasteiger partial charge in [0.2, 0.25) is 0 Å². The summed E-state index contributed by atoms with van der Waals surface area (Å²) >= 11 is 0. The first kappa shape index (κ1) is 17.1. The van der Waals surface area contributed by atoms with Crippen LogP contribution in [0.5, 0.6) is 0 Å². The number of aromatic nitrogens is 6. The van der Waals surface area contributed by atoms with E-state index < -0.39 is 0 Å². The van der Waals surface area contributed by atoms with E-state index in [0.717, 1.165) is 27.5 Å². The van der Waals surface area contributed by atoms with E-state index >= 15 is 0 Å². The van der Waals surface area contributed by atoms with E-state index in [1.165, 1.54) is 0 Å². The molecule has 0 aliphatic carbocycles. The molecule has 0 bridgehead atoms. The molecule has 4 aromatic heterocycles. The Morgan fingerprint density at radius 1 is 0.897 bits per heavy atom. The molecule has 7 heteroatoms. The fourth-order valence-electron chi connectivity index (χ4n) is 3.29. The Bertz CT molecular complexity index is 1370. The number of fused-ring (bicyclic) bond motifs is 2. The monoisotopic (exact) mass is 380 g/mol. The van der Waals surface area contributed by atoms with Gasteiger partial charge in [-0.05, 0) is 35.7 Å². The summed E-state index contributed by atoms with van der Waals surface area (Å²) in [7, 11) is 1.87. The topological polar surface area (TPSA) is 86.5 Å². The van der Waals surface area contributed by atoms with Crippen molar-refractivity contribution in [2.75, 3.05) is 0 Å². The number of aryl methyl sites for hydroxylation is 1. The summed E-state index contributed by atoms with van der Waals surface area (Å²) in [5.41, 5.74) is 4.57. The van der Waals surface area contributed by atoms with Crippen LogP contribution in [0.1, 0.15) is 16.1 Å². The van der Waals surface area contributed by atoms with Crippen LogP contribution >= 0.6 is 0 Å². The number of benzene rings is 1. The molecule has 140 valence electrons. The van der Waals surface area contributed by atoms with Gasteiger partial charge in [0.1, 0.15) is 0 Å². The van der Waals surface area contributed by atoms with E-state index in [1.807, 2.05) is 31.4 Å². The molecule has 7 nitrogen and oxygen atoms in total. The molecule has 0 amide bonds. The SMILES string of the molecule is Cn1cc(-c2cc3cc(CC(=O)c4ccc5nccnc5c4)ncc3cn2)cn1. The number of pyridine rings is 2. The Balaban J connectivity index is 1.45. The normalized spacial score (nSPS) is 11.2. The highest BCUT2D eigenvalue weighted by Crippen LogP contribution is 2.22. The molecule has 0 fully saturated rings. The Morgan fingerprint density at radius 2 is 1.72 bits per heavy atom. The van der Waals surface area contributed by atoms with Gasteiger partial charge in [-0.2, -0.15) is 5.10 Å². The second-order valence-electron chi connectivity index (χ2n) is 6.85. The maximum Gasteiger partial charge on any atom is 0.168 e. The largest absolute Gasteiger partial charge is 0.294 e. The Kier molecular flexibility index (Phi) is 4.05. The van der Waals surface area contributed by atoms with Gasteiger partial charge in [-0.15, -0.1) is 0 Å². The van der Waals surface area contributed by atoms with Crippen LogP contribution in [0.15, 0.2) is 67.5 Å². The van der Waals surface area contributed by atoms with Crippen molar-refractivity contribution in [1.82, 2.24) is 29.7 Å². The van der Waals surface area contributed by atoms with Gasteiger partial charge in [-0.1, -0.05) is 0 Å². The first-order chi connectivity index (χ1) is 14.2. The van der Waals surface area contributed by atoms with Crippen LogP contribution in [0.3, 0.4) is 0 Å². The van der Waals surface area contributed by atoms with E-state index in [0.29, 0.717) is 16.8 Å². The van der Waals surface area contributed by atoms with Crippen LogP contribution in [0, 0.1) is 0 Å². The molecule has 0 unspecified atom stereocenters. The van der Waals surface area contributed by atoms with Crippen molar-refractivity contribution in [3.63, 3.8) is 0 Å². The average molecular weight is 380 g/mol. The Hall–Kier alpha value is -4.00. The highest BCUT2D eigenvalue weighted by molar-refractivity contribution is 6.00. The number of carbonyl (C=O) groups excluding carboxylic acids is 1. The van der Waals surface area contributed by atoms with Crippen molar-refractivity contribution < 1.29 is 4.79 Å². The quantitative estimate of drug-likeness (QED) is 0.444. The summed E-state index contributed by atoms with van der Waals surface area (Å²) in [5, 5.41) is 6.11. The highest BCUT2D eigenvalue weighted by Gasteiger charge is 2.11. The minimum Gasteiger partial charge on any atom is -0.294 e. The predicted molar refractivity (Wildman–Crippen MR) is 109 cm³/mol. The first-order valence-electron chi connectivity index (χ1n) is 9.13. The van der Waals surface area contributed by atoms with Gasteiger partial charge in [-0.25, -0.2) is 0 Å². The van der Waals surface area contributed by atoms with Crippen LogP contribution in [-0.2, 0) is 13.5 Å². The standard InChI is InChI=1S/C22H16N6O/c1-28-13-17(12-27-28)20-8-15-6-18(25-10-16(15)11-26-20)9-22(29)14-2-3-19-21(7-14)24-5-4-23-19/h2-8,10-13H,9H2,1H3. The number of carbonyl (C=O) groups is 1. The number of hydrogen-bond acceptors (Lipinski definition) is 6. The van der Waals surface area contributed by atoms with Gasteiger partial charge < -0.3 is 0 Å². The van der Waals surface area contributed by atoms with Crippen molar-refractivity contribution in [3.8, 4) is 11.3 Å². The molecule has 0 aliphatic heterocycles. The van der Waals surface area contributed by atoms with Crippen LogP contribution < -0.4 is 0 Å². The Morgan fingerprint density at radius 3 is 2.55 bits per heavy atom. The molecule has 0 N–H and O–H groups in total. The highest BCUT2D eigenvalue weighted by atomic mass is 16.1. The molecule has 5 rings (SSSR count). The van der Waals surface area contributed by atoms with Crippen molar-refractivity contribution in [2.45, 2.75) is 6.42 Å². The molecular formula is C22H16N6O. The van der Waals surface area contributed by atoms with E-state index in [2.05, 4.69) is 25.0 Å². The molecule has 0 radical (unpaired) electrons. The van der Waals surface area contributed by atoms with Crippen LogP contribution in [0.2, 0.25) is 0 Å². The zero-order valence-electron chi connectivity index (χ0n) is 15.6. The molecule has 0 saturated carbocycles. The van der Waals surface area contributed by atoms with E-state index in [4.69, 9.17) is 0 Å². The molecular weight excluding hydrogens is 364 g/mol. The molecule has 1 aromatic carbocycles. The lowest BCUT2D eigenvalue weighted by molar-refractivity contribution is 0.0992. The van der Waals surface area contributed by atoms with Crippen molar-refractivity contribution in [2.24, 2.45) is 7.05 Å². The second-order valence-corrected chi connectivity index (χ2v) is 6.85. The second kappa shape index (κ2) is 6.87. The van der Waals surface area contributed by atoms with Gasteiger partial charge >= 0.3 is 0 Å². The number of hydrogen-bond donors (Lipinski definition) is 0. The lowest BCUT2D eigenvalue weighted by Crippen LogP contribution is -2.05. The summed E-state index contributed by atoms with van der Waals surface area (Å²) in [6.45, 7) is 0. The van der Waals surface area contributed by atoms with Crippen LogP contribution in [0.25, 0.3) is 33.1 Å². The minimum atomic E-state index is -0.00839. The van der Waals surface area contributed by atoms with Gasteiger partial charge in [0.25, 0.3) is 0 Å². The molecule has 5 aromatic rings. The number of rotatable bonds is 4. The van der Waals surface area contributed by atoms with Crippen LogP contribution in [-0.4, -0.2) is 35.5 Å². The maximum absolute atomic E-state index is 12.8. The fourth-order valence-corrected chi connectivity index (χ4v) is 3.29. The van der Waals surface area contributed by atoms with Crippen molar-refractivity contribution >= 4 is 27.6 Å². The third-order valence-corrected chi connectivity index (χ3v) is 4.79. The van der Waals surface area contributed by atoms with Gasteiger partial charge in [-0.3, -0.25) is 29.4 Å². The smallest absolute Gasteiger partial charge is 0.168 e. The van der Waals surface area contributed by atoms with Gasteiger partial charge in [0, 0.05) is 60.2 Å². The lowest BCUT2D eigenvalue weighted by atomic mass is 10.0. The predicted octanol–water partition coefficient (Wildman–Crippen LogP) is 3.40. The Labute approximate surface area is 166 Å². The first-order valence-corrected chi connectivity index (χ1v) is 9.13. The maximum atomic E-state index is 12.8. The van der Waals surface area contributed by atoms with Crippen molar-refractivity contribution in [1.29, 1.82) is 0 Å². The molecule has 4 heterocycles. The van der Waals surface area contributed by atoms with Crippen molar-refractivity contribution in [3.05, 3.63) is 78.8 Å². The third-order valence-electron chi connectivity index (χ3n) is 4.79. The van der Waals surface area contributed by atoms with Gasteiger partial charge in [0.05, 0.1) is 29.3 Å². The summed E-state index contributed by atoms with van der Waals surface area (Å²) < 4.78 is 1.74. The minimum absolute atomic E-state index is 0.00839. The summed E-state index contributed by atoms with van der Waals surface area (Å²) in [5.74, 6) is -0.00839. The summed E-state index contributed by atoms with van der Waals surface area (Å²) in [6.07, 6.45) is 10.7. The zero-order valence-corrected chi connectivity index (χ0v) is 15.6. The number of ketones is 1. The summed E-state index contributed by atoms with van der Waals surface area (Å²) in [4.78, 5) is 30.2. The molecule has 0 aliphatic rings. The molecule has 0 spiro atoms.